The summed E-state index contributed by atoms with van der Waals surface area (Å²) in [6, 6.07) is 4.93. The van der Waals surface area contributed by atoms with E-state index in [9.17, 15) is 4.39 Å². The molecule has 1 heterocycles. The van der Waals surface area contributed by atoms with Gasteiger partial charge >= 0.3 is 0 Å². The van der Waals surface area contributed by atoms with Crippen molar-refractivity contribution >= 4 is 11.8 Å². The van der Waals surface area contributed by atoms with Crippen molar-refractivity contribution in [2.24, 2.45) is 5.73 Å². The van der Waals surface area contributed by atoms with Crippen LogP contribution in [-0.2, 0) is 5.75 Å². The Labute approximate surface area is 115 Å². The van der Waals surface area contributed by atoms with Crippen molar-refractivity contribution in [3.05, 3.63) is 41.0 Å². The predicted molar refractivity (Wildman–Crippen MR) is 73.0 cm³/mol. The van der Waals surface area contributed by atoms with E-state index in [0.29, 0.717) is 22.0 Å². The molecule has 0 saturated heterocycles. The van der Waals surface area contributed by atoms with Crippen LogP contribution in [0.4, 0.5) is 4.39 Å². The zero-order chi connectivity index (χ0) is 13.7. The van der Waals surface area contributed by atoms with E-state index in [4.69, 9.17) is 5.73 Å². The highest BCUT2D eigenvalue weighted by molar-refractivity contribution is 7.98. The van der Waals surface area contributed by atoms with Crippen molar-refractivity contribution in [3.63, 3.8) is 0 Å². The van der Waals surface area contributed by atoms with Crippen LogP contribution in [0.1, 0.15) is 17.0 Å². The van der Waals surface area contributed by atoms with Gasteiger partial charge in [-0.15, -0.1) is 5.10 Å². The smallest absolute Gasteiger partial charge is 0.208 e. The molecule has 0 spiro atoms. The molecular formula is C13H13FN4S. The number of H-pyrrole nitrogens is 1. The van der Waals surface area contributed by atoms with E-state index < -0.39 is 0 Å². The van der Waals surface area contributed by atoms with E-state index in [1.165, 1.54) is 17.8 Å². The molecular weight excluding hydrogens is 263 g/mol. The molecule has 3 N–H and O–H groups in total. The molecule has 1 aromatic heterocycles. The molecule has 0 radical (unpaired) electrons. The first-order valence-electron chi connectivity index (χ1n) is 5.68. The molecule has 0 bridgehead atoms. The second-order valence-electron chi connectivity index (χ2n) is 3.80. The maximum Gasteiger partial charge on any atom is 0.208 e. The van der Waals surface area contributed by atoms with Crippen LogP contribution in [-0.4, -0.2) is 21.7 Å². The molecule has 0 amide bonds. The van der Waals surface area contributed by atoms with E-state index in [-0.39, 0.29) is 12.4 Å². The topological polar surface area (TPSA) is 67.6 Å². The van der Waals surface area contributed by atoms with Crippen LogP contribution in [0.25, 0.3) is 0 Å². The Hall–Kier alpha value is -1.84. The predicted octanol–water partition coefficient (Wildman–Crippen LogP) is 1.85. The minimum Gasteiger partial charge on any atom is -0.320 e. The van der Waals surface area contributed by atoms with E-state index in [1.54, 1.807) is 12.1 Å². The summed E-state index contributed by atoms with van der Waals surface area (Å²) in [5.41, 5.74) is 6.50. The lowest BCUT2D eigenvalue weighted by atomic mass is 10.1. The summed E-state index contributed by atoms with van der Waals surface area (Å²) in [5.74, 6) is 6.44. The fraction of sp³-hybridized carbons (Fsp3) is 0.231. The number of benzene rings is 1. The summed E-state index contributed by atoms with van der Waals surface area (Å²) in [7, 11) is 0. The lowest BCUT2D eigenvalue weighted by Gasteiger charge is -2.01. The third-order valence-corrected chi connectivity index (χ3v) is 3.22. The van der Waals surface area contributed by atoms with E-state index in [1.807, 2.05) is 6.92 Å². The number of nitrogens with two attached hydrogens (primary N) is 1. The van der Waals surface area contributed by atoms with Gasteiger partial charge in [0.1, 0.15) is 11.6 Å². The van der Waals surface area contributed by atoms with Gasteiger partial charge < -0.3 is 5.73 Å². The molecule has 0 aliphatic carbocycles. The normalized spacial score (nSPS) is 10.1. The molecule has 98 valence electrons. The molecule has 2 aromatic rings. The largest absolute Gasteiger partial charge is 0.320 e. The number of hydrogen-bond donors (Lipinski definition) is 2. The van der Waals surface area contributed by atoms with Crippen molar-refractivity contribution in [1.29, 1.82) is 0 Å². The number of nitrogens with one attached hydrogen (secondary N) is 1. The van der Waals surface area contributed by atoms with Crippen molar-refractivity contribution in [2.75, 3.05) is 6.54 Å². The maximum absolute atomic E-state index is 13.8. The standard InChI is InChI=1S/C13H13FN4S/c1-9-16-13(18-17-9)19-8-11-5-4-10(3-2-6-15)7-12(11)14/h4-5,7H,6,8,15H2,1H3,(H,16,17,18). The highest BCUT2D eigenvalue weighted by Crippen LogP contribution is 2.21. The first-order chi connectivity index (χ1) is 9.19. The molecule has 0 unspecified atom stereocenters. The lowest BCUT2D eigenvalue weighted by molar-refractivity contribution is 0.617. The van der Waals surface area contributed by atoms with E-state index >= 15 is 0 Å². The molecule has 0 atom stereocenters. The van der Waals surface area contributed by atoms with E-state index in [0.717, 1.165) is 5.82 Å². The first kappa shape index (κ1) is 13.6. The van der Waals surface area contributed by atoms with Gasteiger partial charge in [-0.05, 0) is 24.6 Å². The maximum atomic E-state index is 13.8. The third kappa shape index (κ3) is 3.81. The first-order valence-corrected chi connectivity index (χ1v) is 6.67. The van der Waals surface area contributed by atoms with Crippen LogP contribution in [0.5, 0.6) is 0 Å². The molecule has 1 aromatic carbocycles. The Kier molecular flexibility index (Phi) is 4.55. The monoisotopic (exact) mass is 276 g/mol. The molecule has 19 heavy (non-hydrogen) atoms. The summed E-state index contributed by atoms with van der Waals surface area (Å²) >= 11 is 1.38. The minimum atomic E-state index is -0.274. The Morgan fingerprint density at radius 2 is 2.32 bits per heavy atom. The summed E-state index contributed by atoms with van der Waals surface area (Å²) in [5, 5.41) is 7.35. The number of halogens is 1. The van der Waals surface area contributed by atoms with Crippen molar-refractivity contribution in [2.45, 2.75) is 17.8 Å². The summed E-state index contributed by atoms with van der Waals surface area (Å²) in [6.45, 7) is 2.09. The van der Waals surface area contributed by atoms with Crippen LogP contribution in [0.15, 0.2) is 23.4 Å². The molecule has 0 saturated carbocycles. The fourth-order valence-electron chi connectivity index (χ4n) is 1.42. The average molecular weight is 276 g/mol. The van der Waals surface area contributed by atoms with Gasteiger partial charge in [-0.1, -0.05) is 29.7 Å². The Morgan fingerprint density at radius 1 is 1.47 bits per heavy atom. The molecule has 2 rings (SSSR count). The second kappa shape index (κ2) is 6.36. The highest BCUT2D eigenvalue weighted by atomic mass is 32.2. The molecule has 4 nitrogen and oxygen atoms in total. The summed E-state index contributed by atoms with van der Waals surface area (Å²) in [6.07, 6.45) is 0. The molecule has 0 fully saturated rings. The van der Waals surface area contributed by atoms with Crippen LogP contribution < -0.4 is 5.73 Å². The SMILES string of the molecule is Cc1nc(SCc2ccc(C#CCN)cc2F)n[nH]1. The van der Waals surface area contributed by atoms with E-state index in [2.05, 4.69) is 27.0 Å². The number of rotatable bonds is 3. The number of aryl methyl sites for hydroxylation is 1. The quantitative estimate of drug-likeness (QED) is 0.663. The Morgan fingerprint density at radius 3 is 2.95 bits per heavy atom. The number of aromatic nitrogens is 3. The van der Waals surface area contributed by atoms with Gasteiger partial charge in [-0.3, -0.25) is 5.10 Å². The van der Waals surface area contributed by atoms with Gasteiger partial charge in [-0.2, -0.15) is 0 Å². The highest BCUT2D eigenvalue weighted by Gasteiger charge is 2.06. The summed E-state index contributed by atoms with van der Waals surface area (Å²) in [4.78, 5) is 4.15. The Balaban J connectivity index is 2.05. The van der Waals surface area contributed by atoms with Crippen molar-refractivity contribution < 1.29 is 4.39 Å². The van der Waals surface area contributed by atoms with Crippen LogP contribution >= 0.6 is 11.8 Å². The van der Waals surface area contributed by atoms with Crippen molar-refractivity contribution in [3.8, 4) is 11.8 Å². The van der Waals surface area contributed by atoms with Crippen LogP contribution in [0.3, 0.4) is 0 Å². The zero-order valence-electron chi connectivity index (χ0n) is 10.4. The minimum absolute atomic E-state index is 0.267. The Bertz CT molecular complexity index is 627. The number of nitrogens with zero attached hydrogens (tertiary/aromatic N) is 2. The summed E-state index contributed by atoms with van der Waals surface area (Å²) < 4.78 is 13.8. The number of hydrogen-bond acceptors (Lipinski definition) is 4. The lowest BCUT2D eigenvalue weighted by Crippen LogP contribution is -1.94. The molecule has 0 aliphatic rings. The van der Waals surface area contributed by atoms with Crippen LogP contribution in [0, 0.1) is 24.6 Å². The third-order valence-electron chi connectivity index (χ3n) is 2.32. The van der Waals surface area contributed by atoms with Crippen LogP contribution in [0.2, 0.25) is 0 Å². The van der Waals surface area contributed by atoms with Crippen molar-refractivity contribution in [1.82, 2.24) is 15.2 Å². The number of aromatic amines is 1. The van der Waals surface area contributed by atoms with Gasteiger partial charge in [-0.25, -0.2) is 9.37 Å². The van der Waals surface area contributed by atoms with Gasteiger partial charge in [0, 0.05) is 11.3 Å². The van der Waals surface area contributed by atoms with Gasteiger partial charge in [0.15, 0.2) is 0 Å². The second-order valence-corrected chi connectivity index (χ2v) is 4.75. The van der Waals surface area contributed by atoms with Gasteiger partial charge in [0.05, 0.1) is 6.54 Å². The molecule has 0 aliphatic heterocycles. The number of thioether (sulfide) groups is 1. The zero-order valence-corrected chi connectivity index (χ0v) is 11.2. The van der Waals surface area contributed by atoms with Gasteiger partial charge in [0.25, 0.3) is 0 Å². The van der Waals surface area contributed by atoms with Gasteiger partial charge in [0.2, 0.25) is 5.16 Å². The average Bonchev–Trinajstić information content (AvgIpc) is 2.81. The molecule has 6 heteroatoms. The fourth-order valence-corrected chi connectivity index (χ4v) is 2.25.